The number of benzene rings is 2. The molecule has 0 saturated carbocycles. The summed E-state index contributed by atoms with van der Waals surface area (Å²) in [5.41, 5.74) is 2.47. The van der Waals surface area contributed by atoms with Gasteiger partial charge in [-0.05, 0) is 56.9 Å². The Kier molecular flexibility index (Phi) is 6.51. The Morgan fingerprint density at radius 2 is 1.82 bits per heavy atom. The van der Waals surface area contributed by atoms with Gasteiger partial charge in [0, 0.05) is 29.6 Å². The maximum absolute atomic E-state index is 13.5. The Morgan fingerprint density at radius 1 is 1.12 bits per heavy atom. The monoisotopic (exact) mass is 485 g/mol. The van der Waals surface area contributed by atoms with Crippen molar-refractivity contribution in [3.8, 4) is 5.75 Å². The van der Waals surface area contributed by atoms with E-state index < -0.39 is 27.7 Å². The van der Waals surface area contributed by atoms with Crippen molar-refractivity contribution in [3.63, 3.8) is 0 Å². The smallest absolute Gasteiger partial charge is 0.336 e. The Bertz CT molecular complexity index is 1400. The highest BCUT2D eigenvalue weighted by atomic mass is 32.2. The van der Waals surface area contributed by atoms with E-state index in [-0.39, 0.29) is 18.0 Å². The lowest BCUT2D eigenvalue weighted by atomic mass is 10.1. The summed E-state index contributed by atoms with van der Waals surface area (Å²) in [6.45, 7) is 5.50. The number of fused-ring (bicyclic) bond motifs is 1. The average Bonchev–Trinajstić information content (AvgIpc) is 3.27. The van der Waals surface area contributed by atoms with Crippen LogP contribution in [-0.4, -0.2) is 38.4 Å². The van der Waals surface area contributed by atoms with E-state index in [9.17, 15) is 18.0 Å². The highest BCUT2D eigenvalue weighted by Gasteiger charge is 2.41. The third-order valence-electron chi connectivity index (χ3n) is 6.05. The molecule has 0 spiro atoms. The molecule has 1 fully saturated rings. The van der Waals surface area contributed by atoms with Crippen molar-refractivity contribution >= 4 is 27.0 Å². The highest BCUT2D eigenvalue weighted by molar-refractivity contribution is 7.89. The van der Waals surface area contributed by atoms with Gasteiger partial charge in [-0.2, -0.15) is 4.31 Å². The fourth-order valence-electron chi connectivity index (χ4n) is 4.66. The minimum absolute atomic E-state index is 0.180. The summed E-state index contributed by atoms with van der Waals surface area (Å²) in [4.78, 5) is 25.2. The van der Waals surface area contributed by atoms with E-state index in [1.54, 1.807) is 32.0 Å². The summed E-state index contributed by atoms with van der Waals surface area (Å²) in [5, 5.41) is 0.606. The zero-order valence-electron chi connectivity index (χ0n) is 19.6. The molecular formula is C25H27NO7S. The van der Waals surface area contributed by atoms with Crippen LogP contribution in [0.15, 0.2) is 50.5 Å². The molecule has 0 aliphatic carbocycles. The second kappa shape index (κ2) is 9.23. The van der Waals surface area contributed by atoms with Crippen molar-refractivity contribution in [2.24, 2.45) is 0 Å². The molecule has 1 aromatic heterocycles. The van der Waals surface area contributed by atoms with Crippen LogP contribution in [0.4, 0.5) is 0 Å². The van der Waals surface area contributed by atoms with Crippen LogP contribution < -0.4 is 10.4 Å². The first-order valence-corrected chi connectivity index (χ1v) is 12.4. The topological polar surface area (TPSA) is 103 Å². The van der Waals surface area contributed by atoms with Crippen LogP contribution in [0.2, 0.25) is 0 Å². The summed E-state index contributed by atoms with van der Waals surface area (Å²) >= 11 is 0. The Labute approximate surface area is 198 Å². The summed E-state index contributed by atoms with van der Waals surface area (Å²) in [7, 11) is -2.38. The molecule has 4 rings (SSSR count). The lowest BCUT2D eigenvalue weighted by Gasteiger charge is -2.25. The highest BCUT2D eigenvalue weighted by Crippen LogP contribution is 2.31. The number of esters is 1. The van der Waals surface area contributed by atoms with Gasteiger partial charge in [0.1, 0.15) is 24.0 Å². The van der Waals surface area contributed by atoms with Gasteiger partial charge >= 0.3 is 11.6 Å². The van der Waals surface area contributed by atoms with Crippen LogP contribution in [0.25, 0.3) is 11.0 Å². The van der Waals surface area contributed by atoms with Crippen LogP contribution in [0.1, 0.15) is 35.1 Å². The largest absolute Gasteiger partial charge is 0.497 e. The van der Waals surface area contributed by atoms with Crippen molar-refractivity contribution < 1.29 is 27.1 Å². The molecule has 1 saturated heterocycles. The van der Waals surface area contributed by atoms with Crippen molar-refractivity contribution in [1.29, 1.82) is 0 Å². The second-order valence-corrected chi connectivity index (χ2v) is 10.4. The number of carbonyl (C=O) groups is 1. The second-order valence-electron chi connectivity index (χ2n) is 8.56. The van der Waals surface area contributed by atoms with Crippen LogP contribution in [-0.2, 0) is 26.2 Å². The quantitative estimate of drug-likeness (QED) is 0.388. The fraction of sp³-hybridized carbons (Fsp3) is 0.360. The molecule has 1 atom stereocenters. The number of sulfonamides is 1. The molecular weight excluding hydrogens is 458 g/mol. The van der Waals surface area contributed by atoms with Gasteiger partial charge in [-0.1, -0.05) is 17.7 Å². The van der Waals surface area contributed by atoms with Crippen LogP contribution in [0.5, 0.6) is 5.75 Å². The van der Waals surface area contributed by atoms with Gasteiger partial charge in [0.05, 0.1) is 12.0 Å². The van der Waals surface area contributed by atoms with E-state index in [1.807, 2.05) is 19.1 Å². The van der Waals surface area contributed by atoms with E-state index in [4.69, 9.17) is 13.9 Å². The Hall–Kier alpha value is -3.17. The summed E-state index contributed by atoms with van der Waals surface area (Å²) in [6.07, 6.45) is 0.928. The van der Waals surface area contributed by atoms with Crippen molar-refractivity contribution in [2.45, 2.75) is 51.2 Å². The molecule has 0 N–H and O–H groups in total. The number of hydrogen-bond acceptors (Lipinski definition) is 7. The predicted octanol–water partition coefficient (Wildman–Crippen LogP) is 3.62. The van der Waals surface area contributed by atoms with E-state index in [0.29, 0.717) is 46.3 Å². The van der Waals surface area contributed by atoms with Crippen molar-refractivity contribution in [1.82, 2.24) is 4.31 Å². The lowest BCUT2D eigenvalue weighted by molar-refractivity contribution is -0.148. The number of aryl methyl sites for hydroxylation is 3. The zero-order valence-corrected chi connectivity index (χ0v) is 20.4. The molecule has 3 aromatic rings. The molecule has 0 amide bonds. The molecule has 0 radical (unpaired) electrons. The molecule has 8 nitrogen and oxygen atoms in total. The number of carbonyl (C=O) groups excluding carboxylic acids is 1. The molecule has 2 aromatic carbocycles. The first-order valence-electron chi connectivity index (χ1n) is 11.0. The molecule has 1 aliphatic rings. The summed E-state index contributed by atoms with van der Waals surface area (Å²) in [6, 6.07) is 9.01. The molecule has 2 heterocycles. The maximum atomic E-state index is 13.5. The van der Waals surface area contributed by atoms with Crippen LogP contribution in [0.3, 0.4) is 0 Å². The first kappa shape index (κ1) is 24.0. The van der Waals surface area contributed by atoms with Crippen LogP contribution >= 0.6 is 0 Å². The summed E-state index contributed by atoms with van der Waals surface area (Å²) in [5.74, 6) is -0.114. The van der Waals surface area contributed by atoms with Gasteiger partial charge in [0.2, 0.25) is 10.0 Å². The minimum atomic E-state index is -3.89. The van der Waals surface area contributed by atoms with Gasteiger partial charge in [-0.3, -0.25) is 4.79 Å². The fourth-order valence-corrected chi connectivity index (χ4v) is 6.72. The Balaban J connectivity index is 1.58. The van der Waals surface area contributed by atoms with Crippen molar-refractivity contribution in [3.05, 3.63) is 69.1 Å². The number of hydrogen-bond donors (Lipinski definition) is 0. The minimum Gasteiger partial charge on any atom is -0.497 e. The first-order chi connectivity index (χ1) is 16.1. The van der Waals surface area contributed by atoms with E-state index in [1.165, 1.54) is 17.5 Å². The molecule has 1 unspecified atom stereocenters. The zero-order chi connectivity index (χ0) is 24.6. The van der Waals surface area contributed by atoms with Crippen molar-refractivity contribution in [2.75, 3.05) is 13.7 Å². The van der Waals surface area contributed by atoms with Gasteiger partial charge in [-0.25, -0.2) is 13.2 Å². The molecule has 34 heavy (non-hydrogen) atoms. The lowest BCUT2D eigenvalue weighted by Crippen LogP contribution is -2.41. The van der Waals surface area contributed by atoms with E-state index in [0.717, 1.165) is 5.56 Å². The average molecular weight is 486 g/mol. The number of ether oxygens (including phenoxy) is 2. The normalized spacial score (nSPS) is 16.6. The third kappa shape index (κ3) is 4.45. The standard InChI is InChI=1S/C25H27NO7S/c1-15-10-16(2)24(17(3)11-15)34(29,30)26-9-5-6-21(26)25(28)32-14-18-12-23(27)33-22-13-19(31-4)7-8-20(18)22/h7-8,10-13,21H,5-6,9,14H2,1-4H3. The summed E-state index contributed by atoms with van der Waals surface area (Å²) < 4.78 is 44.2. The van der Waals surface area contributed by atoms with Gasteiger partial charge in [0.25, 0.3) is 0 Å². The SMILES string of the molecule is COc1ccc2c(COC(=O)C3CCCN3S(=O)(=O)c3c(C)cc(C)cc3C)cc(=O)oc2c1. The molecule has 9 heteroatoms. The van der Waals surface area contributed by atoms with E-state index >= 15 is 0 Å². The molecule has 0 bridgehead atoms. The number of methoxy groups -OCH3 is 1. The number of nitrogens with zero attached hydrogens (tertiary/aromatic N) is 1. The number of rotatable bonds is 6. The van der Waals surface area contributed by atoms with E-state index in [2.05, 4.69) is 0 Å². The van der Waals surface area contributed by atoms with Crippen LogP contribution in [0, 0.1) is 20.8 Å². The predicted molar refractivity (Wildman–Crippen MR) is 126 cm³/mol. The van der Waals surface area contributed by atoms with Gasteiger partial charge < -0.3 is 13.9 Å². The van der Waals surface area contributed by atoms with Gasteiger partial charge in [-0.15, -0.1) is 0 Å². The molecule has 180 valence electrons. The molecule has 1 aliphatic heterocycles. The Morgan fingerprint density at radius 3 is 2.50 bits per heavy atom. The maximum Gasteiger partial charge on any atom is 0.336 e. The van der Waals surface area contributed by atoms with Gasteiger partial charge in [0.15, 0.2) is 0 Å². The third-order valence-corrected chi connectivity index (χ3v) is 8.27.